The van der Waals surface area contributed by atoms with E-state index < -0.39 is 15.6 Å². The highest BCUT2D eigenvalue weighted by atomic mass is 32.2. The summed E-state index contributed by atoms with van der Waals surface area (Å²) in [6.45, 7) is 5.21. The molecule has 51 heavy (non-hydrogen) atoms. The molecule has 13 nitrogen and oxygen atoms in total. The number of rotatable bonds is 8. The van der Waals surface area contributed by atoms with Gasteiger partial charge in [-0.3, -0.25) is 0 Å². The lowest BCUT2D eigenvalue weighted by molar-refractivity contribution is 0.0733. The van der Waals surface area contributed by atoms with E-state index in [2.05, 4.69) is 25.3 Å². The third-order valence-corrected chi connectivity index (χ3v) is 10.1. The van der Waals surface area contributed by atoms with Crippen molar-refractivity contribution >= 4 is 37.9 Å². The Kier molecular flexibility index (Phi) is 7.43. The summed E-state index contributed by atoms with van der Waals surface area (Å²) in [6, 6.07) is 27.8. The SMILES string of the molecule is Cc1ccc(S(=O)(=O)n2ccc3cc(-c4c(-c5ccco5)nc(N)nc4-n4nnc5cc(Oc6cccc(C(C)(C)O)n6)ccc54)ccc32)cc1. The van der Waals surface area contributed by atoms with Crippen LogP contribution in [0.25, 0.3) is 50.3 Å². The number of fused-ring (bicyclic) bond motifs is 2. The number of furan rings is 1. The normalized spacial score (nSPS) is 12.2. The van der Waals surface area contributed by atoms with Crippen LogP contribution in [-0.4, -0.2) is 47.4 Å². The molecule has 0 saturated carbocycles. The summed E-state index contributed by atoms with van der Waals surface area (Å²) < 4.78 is 41.8. The molecule has 0 bridgehead atoms. The summed E-state index contributed by atoms with van der Waals surface area (Å²) >= 11 is 0. The minimum atomic E-state index is -3.85. The van der Waals surface area contributed by atoms with Gasteiger partial charge in [0.25, 0.3) is 10.0 Å². The lowest BCUT2D eigenvalue weighted by atomic mass is 10.0. The molecule has 0 radical (unpaired) electrons. The van der Waals surface area contributed by atoms with Gasteiger partial charge in [-0.05, 0) is 87.0 Å². The van der Waals surface area contributed by atoms with Crippen LogP contribution in [0.15, 0.2) is 119 Å². The van der Waals surface area contributed by atoms with Crippen LogP contribution in [0.2, 0.25) is 0 Å². The van der Waals surface area contributed by atoms with Gasteiger partial charge in [-0.25, -0.2) is 22.4 Å². The van der Waals surface area contributed by atoms with Crippen molar-refractivity contribution in [2.45, 2.75) is 31.3 Å². The Hall–Kier alpha value is -6.38. The van der Waals surface area contributed by atoms with Gasteiger partial charge in [-0.15, -0.1) is 5.10 Å². The maximum Gasteiger partial charge on any atom is 0.268 e. The Morgan fingerprint density at radius 1 is 0.882 bits per heavy atom. The molecule has 0 atom stereocenters. The van der Waals surface area contributed by atoms with Crippen molar-refractivity contribution in [1.82, 2.24) is 33.9 Å². The van der Waals surface area contributed by atoms with Gasteiger partial charge in [0.15, 0.2) is 11.6 Å². The smallest absolute Gasteiger partial charge is 0.268 e. The monoisotopic (exact) mass is 698 g/mol. The number of hydrogen-bond acceptors (Lipinski definition) is 11. The fraction of sp³-hybridized carbons (Fsp3) is 0.108. The average molecular weight is 699 g/mol. The molecule has 0 aliphatic heterocycles. The van der Waals surface area contributed by atoms with E-state index in [1.807, 2.05) is 13.0 Å². The molecule has 3 aromatic carbocycles. The molecule has 0 amide bonds. The fourth-order valence-corrected chi connectivity index (χ4v) is 7.19. The van der Waals surface area contributed by atoms with Gasteiger partial charge in [-0.1, -0.05) is 35.0 Å². The molecule has 8 rings (SSSR count). The van der Waals surface area contributed by atoms with Gasteiger partial charge in [0.2, 0.25) is 11.8 Å². The Balaban J connectivity index is 1.24. The summed E-state index contributed by atoms with van der Waals surface area (Å²) in [6.07, 6.45) is 3.08. The van der Waals surface area contributed by atoms with Crippen LogP contribution >= 0.6 is 0 Å². The molecule has 5 heterocycles. The number of anilines is 1. The molecule has 0 aliphatic carbocycles. The second-order valence-electron chi connectivity index (χ2n) is 12.5. The first-order valence-electron chi connectivity index (χ1n) is 15.8. The standard InChI is InChI=1S/C37H30N8O5S/c1-22-9-13-26(14-10-22)51(47,48)44-18-17-23-20-24(11-15-28(23)44)33-34(30-6-5-19-49-30)40-36(38)41-35(33)45-29-16-12-25(21-27(29)42-43-45)50-32-8-4-7-31(39-32)37(2,3)46/h4-21,46H,1-3H3,(H2,38,40,41). The number of hydrogen-bond donors (Lipinski definition) is 2. The van der Waals surface area contributed by atoms with E-state index in [-0.39, 0.29) is 10.8 Å². The molecule has 254 valence electrons. The number of nitrogens with zero attached hydrogens (tertiary/aromatic N) is 7. The number of nitrogens with two attached hydrogens (primary N) is 1. The highest BCUT2D eigenvalue weighted by Gasteiger charge is 2.25. The summed E-state index contributed by atoms with van der Waals surface area (Å²) in [5.74, 6) is 1.53. The number of aryl methyl sites for hydroxylation is 1. The van der Waals surface area contributed by atoms with Crippen LogP contribution in [0.3, 0.4) is 0 Å². The van der Waals surface area contributed by atoms with Crippen molar-refractivity contribution in [3.8, 4) is 40.0 Å². The van der Waals surface area contributed by atoms with E-state index in [9.17, 15) is 13.5 Å². The van der Waals surface area contributed by atoms with Gasteiger partial charge in [0.1, 0.15) is 22.6 Å². The Morgan fingerprint density at radius 3 is 2.45 bits per heavy atom. The highest BCUT2D eigenvalue weighted by Crippen LogP contribution is 2.38. The Labute approximate surface area is 291 Å². The predicted molar refractivity (Wildman–Crippen MR) is 191 cm³/mol. The zero-order valence-corrected chi connectivity index (χ0v) is 28.4. The zero-order valence-electron chi connectivity index (χ0n) is 27.6. The molecule has 3 N–H and O–H groups in total. The van der Waals surface area contributed by atoms with E-state index >= 15 is 0 Å². The van der Waals surface area contributed by atoms with Crippen molar-refractivity contribution in [1.29, 1.82) is 0 Å². The Morgan fingerprint density at radius 2 is 1.69 bits per heavy atom. The number of aromatic nitrogens is 7. The maximum atomic E-state index is 13.6. The molecule has 8 aromatic rings. The van der Waals surface area contributed by atoms with E-state index in [1.54, 1.807) is 116 Å². The van der Waals surface area contributed by atoms with Gasteiger partial charge < -0.3 is 20.0 Å². The zero-order chi connectivity index (χ0) is 35.5. The summed E-state index contributed by atoms with van der Waals surface area (Å²) in [5, 5.41) is 19.9. The lowest BCUT2D eigenvalue weighted by Crippen LogP contribution is -2.17. The third-order valence-electron chi connectivity index (χ3n) is 8.37. The molecule has 0 unspecified atom stereocenters. The van der Waals surface area contributed by atoms with Crippen molar-refractivity contribution in [3.63, 3.8) is 0 Å². The molecule has 0 fully saturated rings. The van der Waals surface area contributed by atoms with E-state index in [0.717, 1.165) is 5.56 Å². The van der Waals surface area contributed by atoms with Gasteiger partial charge in [-0.2, -0.15) is 9.67 Å². The largest absolute Gasteiger partial charge is 0.463 e. The van der Waals surface area contributed by atoms with Gasteiger partial charge in [0, 0.05) is 23.7 Å². The van der Waals surface area contributed by atoms with Crippen molar-refractivity contribution in [2.75, 3.05) is 5.73 Å². The molecule has 0 aliphatic rings. The van der Waals surface area contributed by atoms with Crippen LogP contribution in [0, 0.1) is 6.92 Å². The van der Waals surface area contributed by atoms with Crippen LogP contribution in [0.1, 0.15) is 25.1 Å². The first kappa shape index (κ1) is 31.9. The minimum Gasteiger partial charge on any atom is -0.463 e. The van der Waals surface area contributed by atoms with Crippen LogP contribution in [-0.2, 0) is 15.6 Å². The first-order chi connectivity index (χ1) is 24.5. The van der Waals surface area contributed by atoms with Crippen LogP contribution < -0.4 is 10.5 Å². The summed E-state index contributed by atoms with van der Waals surface area (Å²) in [7, 11) is -3.85. The summed E-state index contributed by atoms with van der Waals surface area (Å²) in [5.41, 5.74) is 9.79. The predicted octanol–water partition coefficient (Wildman–Crippen LogP) is 6.63. The minimum absolute atomic E-state index is 0.0158. The van der Waals surface area contributed by atoms with E-state index in [0.29, 0.717) is 67.7 Å². The topological polar surface area (TPSA) is 177 Å². The van der Waals surface area contributed by atoms with Gasteiger partial charge in [0.05, 0.1) is 33.4 Å². The van der Waals surface area contributed by atoms with Crippen molar-refractivity contribution in [3.05, 3.63) is 121 Å². The number of ether oxygens (including phenoxy) is 1. The second kappa shape index (κ2) is 11.9. The number of benzene rings is 3. The maximum absolute atomic E-state index is 13.6. The third kappa shape index (κ3) is 5.75. The molecular weight excluding hydrogens is 669 g/mol. The van der Waals surface area contributed by atoms with Crippen molar-refractivity contribution in [2.24, 2.45) is 0 Å². The lowest BCUT2D eigenvalue weighted by Gasteiger charge is -2.17. The van der Waals surface area contributed by atoms with E-state index in [4.69, 9.17) is 14.9 Å². The number of pyridine rings is 1. The van der Waals surface area contributed by atoms with Crippen LogP contribution in [0.5, 0.6) is 11.6 Å². The fourth-order valence-electron chi connectivity index (χ4n) is 5.84. The van der Waals surface area contributed by atoms with Gasteiger partial charge >= 0.3 is 0 Å². The average Bonchev–Trinajstić information content (AvgIpc) is 3.88. The van der Waals surface area contributed by atoms with Crippen LogP contribution in [0.4, 0.5) is 5.95 Å². The first-order valence-corrected chi connectivity index (χ1v) is 17.3. The highest BCUT2D eigenvalue weighted by molar-refractivity contribution is 7.90. The molecule has 0 saturated heterocycles. The quantitative estimate of drug-likeness (QED) is 0.174. The second-order valence-corrected chi connectivity index (χ2v) is 14.3. The van der Waals surface area contributed by atoms with Crippen molar-refractivity contribution < 1.29 is 22.7 Å². The Bertz CT molecular complexity index is 2690. The molecular formula is C37H30N8O5S. The van der Waals surface area contributed by atoms with E-state index in [1.165, 1.54) is 10.2 Å². The molecule has 14 heteroatoms. The molecule has 5 aromatic heterocycles. The number of nitrogen functional groups attached to an aromatic ring is 1. The summed E-state index contributed by atoms with van der Waals surface area (Å²) in [4.78, 5) is 13.8. The number of aliphatic hydroxyl groups is 1. The molecule has 0 spiro atoms.